The van der Waals surface area contributed by atoms with Gasteiger partial charge in [0.1, 0.15) is 5.75 Å². The zero-order chi connectivity index (χ0) is 14.5. The van der Waals surface area contributed by atoms with E-state index in [-0.39, 0.29) is 6.61 Å². The van der Waals surface area contributed by atoms with Crippen LogP contribution in [0, 0.1) is 0 Å². The second kappa shape index (κ2) is 6.51. The van der Waals surface area contributed by atoms with Crippen molar-refractivity contribution in [3.8, 4) is 16.5 Å². The van der Waals surface area contributed by atoms with Crippen molar-refractivity contribution >= 4 is 11.3 Å². The first-order chi connectivity index (χ1) is 10.3. The van der Waals surface area contributed by atoms with Crippen LogP contribution in [0.2, 0.25) is 0 Å². The monoisotopic (exact) mass is 301 g/mol. The summed E-state index contributed by atoms with van der Waals surface area (Å²) in [5.41, 5.74) is 1.17. The standard InChI is InChI=1S/C15H15N3O2S/c1-16-9-11-4-2-5-12(8-11)19-10-14-17-18-15(20-14)13-6-3-7-21-13/h2-8,16H,9-10H2,1H3. The normalized spacial score (nSPS) is 10.7. The molecule has 5 nitrogen and oxygen atoms in total. The summed E-state index contributed by atoms with van der Waals surface area (Å²) in [5.74, 6) is 1.79. The predicted octanol–water partition coefficient (Wildman–Crippen LogP) is 3.10. The fourth-order valence-electron chi connectivity index (χ4n) is 1.91. The molecule has 0 aliphatic heterocycles. The van der Waals surface area contributed by atoms with Gasteiger partial charge < -0.3 is 14.5 Å². The largest absolute Gasteiger partial charge is 0.484 e. The van der Waals surface area contributed by atoms with Crippen LogP contribution in [-0.4, -0.2) is 17.2 Å². The lowest BCUT2D eigenvalue weighted by Crippen LogP contribution is -2.05. The molecule has 6 heteroatoms. The Kier molecular flexibility index (Phi) is 4.28. The number of hydrogen-bond donors (Lipinski definition) is 1. The summed E-state index contributed by atoms with van der Waals surface area (Å²) in [5, 5.41) is 13.1. The molecule has 1 aromatic carbocycles. The molecule has 21 heavy (non-hydrogen) atoms. The molecular weight excluding hydrogens is 286 g/mol. The number of thiophene rings is 1. The highest BCUT2D eigenvalue weighted by atomic mass is 32.1. The summed E-state index contributed by atoms with van der Waals surface area (Å²) in [7, 11) is 1.91. The smallest absolute Gasteiger partial charge is 0.257 e. The maximum atomic E-state index is 5.69. The lowest BCUT2D eigenvalue weighted by atomic mass is 10.2. The van der Waals surface area contributed by atoms with Crippen LogP contribution in [0.4, 0.5) is 0 Å². The molecule has 2 heterocycles. The van der Waals surface area contributed by atoms with Gasteiger partial charge in [-0.25, -0.2) is 0 Å². The Hall–Kier alpha value is -2.18. The van der Waals surface area contributed by atoms with Crippen LogP contribution >= 0.6 is 11.3 Å². The molecule has 3 rings (SSSR count). The van der Waals surface area contributed by atoms with Crippen molar-refractivity contribution in [2.75, 3.05) is 7.05 Å². The van der Waals surface area contributed by atoms with Crippen molar-refractivity contribution in [2.24, 2.45) is 0 Å². The summed E-state index contributed by atoms with van der Waals surface area (Å²) in [6.07, 6.45) is 0. The van der Waals surface area contributed by atoms with Gasteiger partial charge in [0.15, 0.2) is 6.61 Å². The van der Waals surface area contributed by atoms with Crippen LogP contribution in [0.25, 0.3) is 10.8 Å². The molecule has 0 aliphatic carbocycles. The van der Waals surface area contributed by atoms with Crippen LogP contribution in [0.15, 0.2) is 46.2 Å². The fraction of sp³-hybridized carbons (Fsp3) is 0.200. The van der Waals surface area contributed by atoms with E-state index in [1.54, 1.807) is 11.3 Å². The van der Waals surface area contributed by atoms with E-state index in [9.17, 15) is 0 Å². The summed E-state index contributed by atoms with van der Waals surface area (Å²) in [6.45, 7) is 1.07. The number of rotatable bonds is 6. The van der Waals surface area contributed by atoms with Crippen molar-refractivity contribution in [3.05, 3.63) is 53.2 Å². The SMILES string of the molecule is CNCc1cccc(OCc2nnc(-c3cccs3)o2)c1. The molecule has 1 N–H and O–H groups in total. The van der Waals surface area contributed by atoms with E-state index in [1.807, 2.05) is 48.8 Å². The summed E-state index contributed by atoms with van der Waals surface area (Å²) < 4.78 is 11.3. The Labute approximate surface area is 126 Å². The van der Waals surface area contributed by atoms with Crippen molar-refractivity contribution < 1.29 is 9.15 Å². The maximum absolute atomic E-state index is 5.69. The minimum atomic E-state index is 0.265. The molecule has 2 aromatic heterocycles. The minimum Gasteiger partial charge on any atom is -0.484 e. The molecule has 0 bridgehead atoms. The third-order valence-corrected chi connectivity index (χ3v) is 3.70. The van der Waals surface area contributed by atoms with Crippen LogP contribution in [0.3, 0.4) is 0 Å². The number of hydrogen-bond acceptors (Lipinski definition) is 6. The highest BCUT2D eigenvalue weighted by Crippen LogP contribution is 2.23. The van der Waals surface area contributed by atoms with Gasteiger partial charge in [0.25, 0.3) is 11.8 Å². The summed E-state index contributed by atoms with van der Waals surface area (Å²) in [6, 6.07) is 11.8. The molecule has 0 saturated carbocycles. The molecule has 0 fully saturated rings. The predicted molar refractivity (Wildman–Crippen MR) is 81.1 cm³/mol. The van der Waals surface area contributed by atoms with Gasteiger partial charge in [-0.15, -0.1) is 21.5 Å². The van der Waals surface area contributed by atoms with Crippen LogP contribution < -0.4 is 10.1 Å². The average molecular weight is 301 g/mol. The molecule has 0 spiro atoms. The van der Waals surface area contributed by atoms with E-state index in [0.29, 0.717) is 11.8 Å². The molecule has 0 radical (unpaired) electrons. The third-order valence-electron chi connectivity index (χ3n) is 2.84. The Morgan fingerprint density at radius 2 is 2.19 bits per heavy atom. The molecule has 108 valence electrons. The molecule has 0 amide bonds. The van der Waals surface area contributed by atoms with Crippen molar-refractivity contribution in [3.63, 3.8) is 0 Å². The van der Waals surface area contributed by atoms with Gasteiger partial charge in [0.05, 0.1) is 4.88 Å². The first-order valence-corrected chi connectivity index (χ1v) is 7.46. The van der Waals surface area contributed by atoms with Gasteiger partial charge in [0, 0.05) is 6.54 Å². The second-order valence-corrected chi connectivity index (χ2v) is 5.39. The number of aromatic nitrogens is 2. The highest BCUT2D eigenvalue weighted by Gasteiger charge is 2.09. The van der Waals surface area contributed by atoms with Crippen molar-refractivity contribution in [1.29, 1.82) is 0 Å². The van der Waals surface area contributed by atoms with E-state index < -0.39 is 0 Å². The Morgan fingerprint density at radius 1 is 1.24 bits per heavy atom. The van der Waals surface area contributed by atoms with Crippen LogP contribution in [-0.2, 0) is 13.2 Å². The number of nitrogens with one attached hydrogen (secondary N) is 1. The third kappa shape index (κ3) is 3.48. The van der Waals surface area contributed by atoms with Gasteiger partial charge in [-0.1, -0.05) is 18.2 Å². The summed E-state index contributed by atoms with van der Waals surface area (Å²) >= 11 is 1.57. The van der Waals surface area contributed by atoms with Gasteiger partial charge in [-0.2, -0.15) is 0 Å². The van der Waals surface area contributed by atoms with E-state index in [2.05, 4.69) is 15.5 Å². The highest BCUT2D eigenvalue weighted by molar-refractivity contribution is 7.13. The molecule has 0 aliphatic rings. The lowest BCUT2D eigenvalue weighted by Gasteiger charge is -2.05. The maximum Gasteiger partial charge on any atom is 0.257 e. The zero-order valence-corrected chi connectivity index (χ0v) is 12.4. The zero-order valence-electron chi connectivity index (χ0n) is 11.6. The molecular formula is C15H15N3O2S. The van der Waals surface area contributed by atoms with Crippen molar-refractivity contribution in [2.45, 2.75) is 13.2 Å². The van der Waals surface area contributed by atoms with E-state index in [1.165, 1.54) is 5.56 Å². The van der Waals surface area contributed by atoms with Gasteiger partial charge in [0.2, 0.25) is 0 Å². The van der Waals surface area contributed by atoms with E-state index in [4.69, 9.17) is 9.15 Å². The second-order valence-electron chi connectivity index (χ2n) is 4.44. The molecule has 0 saturated heterocycles. The quantitative estimate of drug-likeness (QED) is 0.758. The number of nitrogens with zero attached hydrogens (tertiary/aromatic N) is 2. The molecule has 0 unspecified atom stereocenters. The van der Waals surface area contributed by atoms with Gasteiger partial charge in [-0.3, -0.25) is 0 Å². The van der Waals surface area contributed by atoms with Crippen molar-refractivity contribution in [1.82, 2.24) is 15.5 Å². The van der Waals surface area contributed by atoms with Crippen LogP contribution in [0.5, 0.6) is 5.75 Å². The number of benzene rings is 1. The summed E-state index contributed by atoms with van der Waals surface area (Å²) in [4.78, 5) is 0.963. The number of ether oxygens (including phenoxy) is 1. The van der Waals surface area contributed by atoms with E-state index >= 15 is 0 Å². The topological polar surface area (TPSA) is 60.2 Å². The molecule has 0 atom stereocenters. The Bertz CT molecular complexity index is 695. The minimum absolute atomic E-state index is 0.265. The Morgan fingerprint density at radius 3 is 3.00 bits per heavy atom. The molecule has 3 aromatic rings. The van der Waals surface area contributed by atoms with Gasteiger partial charge in [-0.05, 0) is 36.2 Å². The first-order valence-electron chi connectivity index (χ1n) is 6.58. The Balaban J connectivity index is 1.64. The lowest BCUT2D eigenvalue weighted by molar-refractivity contribution is 0.264. The van der Waals surface area contributed by atoms with E-state index in [0.717, 1.165) is 17.2 Å². The fourth-order valence-corrected chi connectivity index (χ4v) is 2.55. The van der Waals surface area contributed by atoms with Crippen LogP contribution in [0.1, 0.15) is 11.5 Å². The average Bonchev–Trinajstić information content (AvgIpc) is 3.17. The van der Waals surface area contributed by atoms with Gasteiger partial charge >= 0.3 is 0 Å². The first kappa shape index (κ1) is 13.8.